The number of nitrogens with zero attached hydrogens (tertiary/aromatic N) is 4. The molecule has 0 aromatic carbocycles. The Labute approximate surface area is 246 Å². The normalized spacial score (nSPS) is 20.9. The molecule has 5 N–H and O–H groups in total. The number of nitrogens with one attached hydrogen (secondary N) is 5. The molecule has 3 aromatic rings. The minimum Gasteiger partial charge on any atom is -0.381 e. The van der Waals surface area contributed by atoms with E-state index in [1.807, 2.05) is 24.4 Å². The molecule has 0 spiro atoms. The van der Waals surface area contributed by atoms with E-state index in [-0.39, 0.29) is 18.3 Å². The van der Waals surface area contributed by atoms with Crippen molar-refractivity contribution < 1.29 is 9.47 Å². The Morgan fingerprint density at radius 1 is 1.19 bits per heavy atom. The molecular formula is C30H41N9O3. The summed E-state index contributed by atoms with van der Waals surface area (Å²) in [7, 11) is 0. The summed E-state index contributed by atoms with van der Waals surface area (Å²) in [6, 6.07) is 11.6. The molecule has 1 atom stereocenters. The van der Waals surface area contributed by atoms with Crippen molar-refractivity contribution in [2.75, 3.05) is 37.0 Å². The van der Waals surface area contributed by atoms with Crippen LogP contribution in [0.5, 0.6) is 0 Å². The second-order valence-electron chi connectivity index (χ2n) is 11.6. The SMILES string of the molecule is Cc1cnc(NC2CCC(N[C@H](C)COCc3n[nH]c(=O)[nH]3)CC2)cc1-c1cccc(NCC2(C#N)CCOCC2)n1. The van der Waals surface area contributed by atoms with E-state index in [2.05, 4.69) is 62.1 Å². The Kier molecular flexibility index (Phi) is 9.84. The maximum atomic E-state index is 11.1. The second-order valence-corrected chi connectivity index (χ2v) is 11.6. The van der Waals surface area contributed by atoms with Gasteiger partial charge < -0.3 is 25.4 Å². The zero-order valence-electron chi connectivity index (χ0n) is 24.4. The third kappa shape index (κ3) is 7.94. The number of ether oxygens (including phenoxy) is 2. The number of aromatic amines is 2. The van der Waals surface area contributed by atoms with Crippen molar-refractivity contribution in [3.63, 3.8) is 0 Å². The van der Waals surface area contributed by atoms with Crippen molar-refractivity contribution in [1.29, 1.82) is 5.26 Å². The number of pyridine rings is 2. The number of rotatable bonds is 12. The molecule has 0 bridgehead atoms. The molecule has 0 unspecified atom stereocenters. The Morgan fingerprint density at radius 3 is 2.71 bits per heavy atom. The molecule has 3 aromatic heterocycles. The first kappa shape index (κ1) is 29.7. The fourth-order valence-electron chi connectivity index (χ4n) is 5.68. The molecule has 0 radical (unpaired) electrons. The lowest BCUT2D eigenvalue weighted by molar-refractivity contribution is 0.0455. The number of hydrogen-bond donors (Lipinski definition) is 5. The summed E-state index contributed by atoms with van der Waals surface area (Å²) in [6.45, 7) is 6.79. The Hall–Kier alpha value is -3.79. The van der Waals surface area contributed by atoms with Crippen LogP contribution >= 0.6 is 0 Å². The maximum absolute atomic E-state index is 11.1. The van der Waals surface area contributed by atoms with Gasteiger partial charge in [0.15, 0.2) is 5.82 Å². The summed E-state index contributed by atoms with van der Waals surface area (Å²) < 4.78 is 11.1. The zero-order chi connectivity index (χ0) is 29.4. The molecule has 0 amide bonds. The maximum Gasteiger partial charge on any atom is 0.340 e. The van der Waals surface area contributed by atoms with Crippen molar-refractivity contribution in [2.45, 2.75) is 77.1 Å². The molecule has 1 aliphatic heterocycles. The summed E-state index contributed by atoms with van der Waals surface area (Å²) in [4.78, 5) is 23.2. The van der Waals surface area contributed by atoms with Crippen molar-refractivity contribution >= 4 is 11.6 Å². The van der Waals surface area contributed by atoms with Crippen molar-refractivity contribution in [1.82, 2.24) is 30.5 Å². The average Bonchev–Trinajstić information content (AvgIpc) is 3.43. The summed E-state index contributed by atoms with van der Waals surface area (Å²) in [5.41, 5.74) is 2.25. The Morgan fingerprint density at radius 2 is 1.98 bits per heavy atom. The molecule has 2 aliphatic rings. The first-order valence-corrected chi connectivity index (χ1v) is 14.8. The summed E-state index contributed by atoms with van der Waals surface area (Å²) in [5, 5.41) is 26.7. The highest BCUT2D eigenvalue weighted by Crippen LogP contribution is 2.31. The van der Waals surface area contributed by atoms with Gasteiger partial charge in [-0.1, -0.05) is 6.07 Å². The largest absolute Gasteiger partial charge is 0.381 e. The fourth-order valence-corrected chi connectivity index (χ4v) is 5.68. The van der Waals surface area contributed by atoms with Crippen LogP contribution < -0.4 is 21.6 Å². The molecular weight excluding hydrogens is 534 g/mol. The van der Waals surface area contributed by atoms with Crippen LogP contribution in [0.15, 0.2) is 35.3 Å². The van der Waals surface area contributed by atoms with Crippen LogP contribution in [0.1, 0.15) is 56.8 Å². The van der Waals surface area contributed by atoms with Gasteiger partial charge in [0.2, 0.25) is 0 Å². The molecule has 5 rings (SSSR count). The van der Waals surface area contributed by atoms with Gasteiger partial charge in [-0.15, -0.1) is 0 Å². The molecule has 12 nitrogen and oxygen atoms in total. The highest BCUT2D eigenvalue weighted by molar-refractivity contribution is 5.68. The highest BCUT2D eigenvalue weighted by Gasteiger charge is 2.32. The summed E-state index contributed by atoms with van der Waals surface area (Å²) in [6.07, 6.45) is 7.60. The third-order valence-electron chi connectivity index (χ3n) is 8.18. The lowest BCUT2D eigenvalue weighted by Crippen LogP contribution is -2.43. The number of aromatic nitrogens is 5. The first-order valence-electron chi connectivity index (χ1n) is 14.8. The highest BCUT2D eigenvalue weighted by atomic mass is 16.5. The minimum absolute atomic E-state index is 0.200. The van der Waals surface area contributed by atoms with E-state index >= 15 is 0 Å². The van der Waals surface area contributed by atoms with E-state index < -0.39 is 5.41 Å². The van der Waals surface area contributed by atoms with E-state index in [1.54, 1.807) is 0 Å². The topological polar surface area (TPSA) is 166 Å². The van der Waals surface area contributed by atoms with Crippen LogP contribution in [0.3, 0.4) is 0 Å². The molecule has 224 valence electrons. The molecule has 4 heterocycles. The van der Waals surface area contributed by atoms with Gasteiger partial charge in [-0.2, -0.15) is 10.4 Å². The van der Waals surface area contributed by atoms with Crippen molar-refractivity contribution in [2.24, 2.45) is 5.41 Å². The first-order chi connectivity index (χ1) is 20.4. The van der Waals surface area contributed by atoms with Crippen LogP contribution in [0.25, 0.3) is 11.3 Å². The van der Waals surface area contributed by atoms with Gasteiger partial charge in [0.1, 0.15) is 18.2 Å². The Bertz CT molecular complexity index is 1400. The summed E-state index contributed by atoms with van der Waals surface area (Å²) >= 11 is 0. The quantitative estimate of drug-likeness (QED) is 0.216. The Balaban J connectivity index is 1.11. The van der Waals surface area contributed by atoms with E-state index in [0.717, 1.165) is 67.0 Å². The number of aryl methyl sites for hydroxylation is 1. The van der Waals surface area contributed by atoms with Crippen molar-refractivity contribution in [3.05, 3.63) is 52.3 Å². The van der Waals surface area contributed by atoms with Gasteiger partial charge in [0.25, 0.3) is 0 Å². The van der Waals surface area contributed by atoms with Crippen LogP contribution in [-0.2, 0) is 16.1 Å². The summed E-state index contributed by atoms with van der Waals surface area (Å²) in [5.74, 6) is 2.13. The predicted octanol–water partition coefficient (Wildman–Crippen LogP) is 3.51. The van der Waals surface area contributed by atoms with Gasteiger partial charge in [-0.3, -0.25) is 4.98 Å². The zero-order valence-corrected chi connectivity index (χ0v) is 24.4. The van der Waals surface area contributed by atoms with Gasteiger partial charge in [0.05, 0.1) is 23.8 Å². The number of hydrogen-bond acceptors (Lipinski definition) is 10. The molecule has 42 heavy (non-hydrogen) atoms. The van der Waals surface area contributed by atoms with E-state index in [0.29, 0.717) is 44.3 Å². The van der Waals surface area contributed by atoms with Crippen LogP contribution in [0.2, 0.25) is 0 Å². The van der Waals surface area contributed by atoms with Crippen LogP contribution in [0, 0.1) is 23.7 Å². The van der Waals surface area contributed by atoms with E-state index in [4.69, 9.17) is 14.5 Å². The lowest BCUT2D eigenvalue weighted by atomic mass is 9.82. The lowest BCUT2D eigenvalue weighted by Gasteiger charge is -2.32. The van der Waals surface area contributed by atoms with E-state index in [9.17, 15) is 10.1 Å². The predicted molar refractivity (Wildman–Crippen MR) is 160 cm³/mol. The minimum atomic E-state index is -0.414. The average molecular weight is 576 g/mol. The van der Waals surface area contributed by atoms with Crippen LogP contribution in [0.4, 0.5) is 11.6 Å². The molecule has 1 aliphatic carbocycles. The number of H-pyrrole nitrogens is 2. The van der Waals surface area contributed by atoms with Gasteiger partial charge in [-0.05, 0) is 76.1 Å². The monoisotopic (exact) mass is 575 g/mol. The number of nitriles is 1. The third-order valence-corrected chi connectivity index (χ3v) is 8.18. The van der Waals surface area contributed by atoms with Gasteiger partial charge >= 0.3 is 5.69 Å². The van der Waals surface area contributed by atoms with E-state index in [1.165, 1.54) is 0 Å². The van der Waals surface area contributed by atoms with Gasteiger partial charge in [0, 0.05) is 49.6 Å². The second kappa shape index (κ2) is 13.9. The standard InChI is InChI=1S/C30H41N9O3/c1-20-15-32-27(14-24(20)25-4-3-5-26(36-25)33-19-30(18-31)10-12-41-13-11-30)35-23-8-6-22(7-9-23)34-21(2)16-42-17-28-37-29(40)39-38-28/h3-5,14-15,21-23,34H,6-13,16-17,19H2,1-2H3,(H,32,35)(H,33,36)(H2,37,38,39,40)/t21-,22?,23?/m1/s1. The van der Waals surface area contributed by atoms with Gasteiger partial charge in [-0.25, -0.2) is 19.9 Å². The number of anilines is 2. The molecule has 1 saturated carbocycles. The molecule has 1 saturated heterocycles. The molecule has 2 fully saturated rings. The van der Waals surface area contributed by atoms with Crippen LogP contribution in [-0.4, -0.2) is 69.6 Å². The van der Waals surface area contributed by atoms with Crippen molar-refractivity contribution in [3.8, 4) is 17.3 Å². The molecule has 12 heteroatoms. The smallest absolute Gasteiger partial charge is 0.340 e. The fraction of sp³-hybridized carbons (Fsp3) is 0.567.